The van der Waals surface area contributed by atoms with E-state index in [0.717, 1.165) is 15.6 Å². The normalized spacial score (nSPS) is 14.1. The van der Waals surface area contributed by atoms with E-state index >= 15 is 0 Å². The first-order valence-electron chi connectivity index (χ1n) is 6.17. The Balaban J connectivity index is 2.08. The Morgan fingerprint density at radius 1 is 0.947 bits per heavy atom. The molecule has 2 aromatic carbocycles. The van der Waals surface area contributed by atoms with Gasteiger partial charge in [-0.25, -0.2) is 0 Å². The Hall–Kier alpha value is -0.500. The molecule has 0 aliphatic carbocycles. The molecule has 0 aliphatic heterocycles. The van der Waals surface area contributed by atoms with Crippen molar-refractivity contribution in [3.8, 4) is 0 Å². The van der Waals surface area contributed by atoms with E-state index < -0.39 is 0 Å². The Morgan fingerprint density at radius 3 is 2.21 bits per heavy atom. The number of hydrogen-bond donors (Lipinski definition) is 0. The van der Waals surface area contributed by atoms with Gasteiger partial charge in [-0.15, -0.1) is 23.2 Å². The Kier molecular flexibility index (Phi) is 5.32. The molecule has 2 rings (SSSR count). The molecule has 0 spiro atoms. The standard InChI is InChI=1S/C16H15BrCl2/c1-11-6-8-12(9-7-11)15(18)10-16(19)13-4-2-3-5-14(13)17/h2-9,15-16H,10H2,1H3. The van der Waals surface area contributed by atoms with Crippen molar-refractivity contribution in [2.75, 3.05) is 0 Å². The summed E-state index contributed by atoms with van der Waals surface area (Å²) in [5, 5.41) is -0.172. The van der Waals surface area contributed by atoms with Gasteiger partial charge in [-0.1, -0.05) is 64.0 Å². The third kappa shape index (κ3) is 3.98. The van der Waals surface area contributed by atoms with Gasteiger partial charge in [0.15, 0.2) is 0 Å². The van der Waals surface area contributed by atoms with E-state index in [1.165, 1.54) is 5.56 Å². The molecule has 2 aromatic rings. The van der Waals surface area contributed by atoms with Crippen LogP contribution >= 0.6 is 39.1 Å². The fourth-order valence-electron chi connectivity index (χ4n) is 1.95. The van der Waals surface area contributed by atoms with Gasteiger partial charge in [0.25, 0.3) is 0 Å². The summed E-state index contributed by atoms with van der Waals surface area (Å²) in [6, 6.07) is 16.3. The van der Waals surface area contributed by atoms with Gasteiger partial charge in [-0.05, 0) is 30.5 Å². The highest BCUT2D eigenvalue weighted by Gasteiger charge is 2.17. The molecule has 19 heavy (non-hydrogen) atoms. The highest BCUT2D eigenvalue weighted by molar-refractivity contribution is 9.10. The van der Waals surface area contributed by atoms with Gasteiger partial charge in [0.2, 0.25) is 0 Å². The predicted octanol–water partition coefficient (Wildman–Crippen LogP) is 6.41. The van der Waals surface area contributed by atoms with Crippen molar-refractivity contribution in [3.05, 3.63) is 69.7 Å². The second kappa shape index (κ2) is 6.78. The van der Waals surface area contributed by atoms with Crippen LogP contribution in [0.2, 0.25) is 0 Å². The molecule has 0 heterocycles. The lowest BCUT2D eigenvalue weighted by molar-refractivity contribution is 0.766. The molecule has 0 saturated carbocycles. The minimum absolute atomic E-state index is 0.0739. The number of hydrogen-bond acceptors (Lipinski definition) is 0. The smallest absolute Gasteiger partial charge is 0.0613 e. The van der Waals surface area contributed by atoms with Crippen molar-refractivity contribution >= 4 is 39.1 Å². The minimum atomic E-state index is -0.0978. The van der Waals surface area contributed by atoms with Crippen LogP contribution in [0, 0.1) is 6.92 Å². The van der Waals surface area contributed by atoms with Crippen LogP contribution in [-0.4, -0.2) is 0 Å². The first kappa shape index (κ1) is 14.9. The monoisotopic (exact) mass is 356 g/mol. The first-order valence-corrected chi connectivity index (χ1v) is 7.83. The lowest BCUT2D eigenvalue weighted by Crippen LogP contribution is -1.98. The van der Waals surface area contributed by atoms with E-state index in [2.05, 4.69) is 47.1 Å². The van der Waals surface area contributed by atoms with Gasteiger partial charge in [0.05, 0.1) is 10.8 Å². The van der Waals surface area contributed by atoms with Crippen LogP contribution in [-0.2, 0) is 0 Å². The first-order chi connectivity index (χ1) is 9.08. The molecule has 0 bridgehead atoms. The van der Waals surface area contributed by atoms with Gasteiger partial charge >= 0.3 is 0 Å². The van der Waals surface area contributed by atoms with Crippen molar-refractivity contribution in [3.63, 3.8) is 0 Å². The molecule has 0 aromatic heterocycles. The van der Waals surface area contributed by atoms with Crippen molar-refractivity contribution in [2.24, 2.45) is 0 Å². The van der Waals surface area contributed by atoms with Gasteiger partial charge in [0.1, 0.15) is 0 Å². The molecule has 2 atom stereocenters. The van der Waals surface area contributed by atoms with Crippen molar-refractivity contribution < 1.29 is 0 Å². The quantitative estimate of drug-likeness (QED) is 0.554. The number of aryl methyl sites for hydroxylation is 1. The molecular weight excluding hydrogens is 343 g/mol. The Morgan fingerprint density at radius 2 is 1.58 bits per heavy atom. The van der Waals surface area contributed by atoms with Crippen LogP contribution < -0.4 is 0 Å². The average molecular weight is 358 g/mol. The Labute approximate surface area is 132 Å². The molecular formula is C16H15BrCl2. The third-order valence-electron chi connectivity index (χ3n) is 3.10. The SMILES string of the molecule is Cc1ccc(C(Cl)CC(Cl)c2ccccc2Br)cc1. The maximum Gasteiger partial charge on any atom is 0.0613 e. The number of halogens is 3. The van der Waals surface area contributed by atoms with E-state index in [1.807, 2.05) is 24.3 Å². The molecule has 0 nitrogen and oxygen atoms in total. The molecule has 100 valence electrons. The number of benzene rings is 2. The predicted molar refractivity (Wildman–Crippen MR) is 87.1 cm³/mol. The lowest BCUT2D eigenvalue weighted by Gasteiger charge is -2.16. The average Bonchev–Trinajstić information content (AvgIpc) is 2.39. The fraction of sp³-hybridized carbons (Fsp3) is 0.250. The molecule has 0 radical (unpaired) electrons. The largest absolute Gasteiger partial charge is 0.118 e. The number of rotatable bonds is 4. The maximum absolute atomic E-state index is 6.47. The van der Waals surface area contributed by atoms with E-state index in [9.17, 15) is 0 Å². The summed E-state index contributed by atoms with van der Waals surface area (Å²) in [5.41, 5.74) is 3.44. The Bertz CT molecular complexity index is 537. The summed E-state index contributed by atoms with van der Waals surface area (Å²) >= 11 is 16.5. The third-order valence-corrected chi connectivity index (χ3v) is 4.66. The fourth-order valence-corrected chi connectivity index (χ4v) is 3.43. The molecule has 3 heteroatoms. The highest BCUT2D eigenvalue weighted by Crippen LogP contribution is 2.37. The van der Waals surface area contributed by atoms with Crippen molar-refractivity contribution in [1.82, 2.24) is 0 Å². The molecule has 0 amide bonds. The van der Waals surface area contributed by atoms with Gasteiger partial charge in [-0.2, -0.15) is 0 Å². The zero-order valence-electron chi connectivity index (χ0n) is 10.6. The van der Waals surface area contributed by atoms with Crippen molar-refractivity contribution in [2.45, 2.75) is 24.1 Å². The topological polar surface area (TPSA) is 0 Å². The van der Waals surface area contributed by atoms with Crippen molar-refractivity contribution in [1.29, 1.82) is 0 Å². The van der Waals surface area contributed by atoms with Gasteiger partial charge in [-0.3, -0.25) is 0 Å². The van der Waals surface area contributed by atoms with Crippen LogP contribution in [0.1, 0.15) is 33.9 Å². The minimum Gasteiger partial charge on any atom is -0.118 e. The van der Waals surface area contributed by atoms with Crippen LogP contribution in [0.3, 0.4) is 0 Å². The van der Waals surface area contributed by atoms with E-state index in [-0.39, 0.29) is 10.8 Å². The summed E-state index contributed by atoms with van der Waals surface area (Å²) in [5.74, 6) is 0. The summed E-state index contributed by atoms with van der Waals surface area (Å²) in [4.78, 5) is 0. The molecule has 0 aliphatic rings. The van der Waals surface area contributed by atoms with E-state index in [0.29, 0.717) is 6.42 Å². The zero-order chi connectivity index (χ0) is 13.8. The van der Waals surface area contributed by atoms with Crippen LogP contribution in [0.4, 0.5) is 0 Å². The van der Waals surface area contributed by atoms with Crippen LogP contribution in [0.5, 0.6) is 0 Å². The number of alkyl halides is 2. The summed E-state index contributed by atoms with van der Waals surface area (Å²) in [6.07, 6.45) is 0.703. The zero-order valence-corrected chi connectivity index (χ0v) is 13.7. The van der Waals surface area contributed by atoms with E-state index in [4.69, 9.17) is 23.2 Å². The van der Waals surface area contributed by atoms with Crippen LogP contribution in [0.15, 0.2) is 53.0 Å². The molecule has 2 unspecified atom stereocenters. The van der Waals surface area contributed by atoms with Gasteiger partial charge in [0, 0.05) is 4.47 Å². The highest BCUT2D eigenvalue weighted by atomic mass is 79.9. The second-order valence-electron chi connectivity index (χ2n) is 4.60. The summed E-state index contributed by atoms with van der Waals surface area (Å²) in [7, 11) is 0. The van der Waals surface area contributed by atoms with Crippen LogP contribution in [0.25, 0.3) is 0 Å². The summed E-state index contributed by atoms with van der Waals surface area (Å²) in [6.45, 7) is 2.07. The van der Waals surface area contributed by atoms with Gasteiger partial charge < -0.3 is 0 Å². The second-order valence-corrected chi connectivity index (χ2v) is 6.51. The van der Waals surface area contributed by atoms with E-state index in [1.54, 1.807) is 0 Å². The summed E-state index contributed by atoms with van der Waals surface area (Å²) < 4.78 is 1.03. The molecule has 0 fully saturated rings. The lowest BCUT2D eigenvalue weighted by atomic mass is 10.0. The maximum atomic E-state index is 6.47. The molecule has 0 saturated heterocycles. The molecule has 0 N–H and O–H groups in total.